The number of rotatable bonds is 6. The van der Waals surface area contributed by atoms with Crippen LogP contribution in [0.15, 0.2) is 12.1 Å². The lowest BCUT2D eigenvalue weighted by Gasteiger charge is -2.30. The van der Waals surface area contributed by atoms with Gasteiger partial charge in [-0.05, 0) is 39.3 Å². The molecule has 5 N–H and O–H groups in total. The monoisotopic (exact) mass is 283 g/mol. The minimum absolute atomic E-state index is 0.193. The van der Waals surface area contributed by atoms with Crippen molar-refractivity contribution in [2.24, 2.45) is 0 Å². The fourth-order valence-electron chi connectivity index (χ4n) is 1.61. The summed E-state index contributed by atoms with van der Waals surface area (Å²) < 4.78 is 5.69. The summed E-state index contributed by atoms with van der Waals surface area (Å²) in [5, 5.41) is 21.9. The molecule has 6 nitrogen and oxygen atoms in total. The lowest BCUT2D eigenvalue weighted by atomic mass is 9.98. The van der Waals surface area contributed by atoms with E-state index in [0.29, 0.717) is 23.8 Å². The number of pyridine rings is 1. The summed E-state index contributed by atoms with van der Waals surface area (Å²) in [5.74, 6) is 0.840. The van der Waals surface area contributed by atoms with Crippen LogP contribution in [0.4, 0.5) is 11.5 Å². The summed E-state index contributed by atoms with van der Waals surface area (Å²) >= 11 is 0. The Kier molecular flexibility index (Phi) is 5.19. The number of nitrogens with two attached hydrogens (primary N) is 1. The van der Waals surface area contributed by atoms with Crippen LogP contribution in [0.5, 0.6) is 5.88 Å². The predicted molar refractivity (Wildman–Crippen MR) is 79.8 cm³/mol. The Morgan fingerprint density at radius 1 is 1.25 bits per heavy atom. The van der Waals surface area contributed by atoms with Crippen molar-refractivity contribution in [2.45, 2.75) is 45.3 Å². The summed E-state index contributed by atoms with van der Waals surface area (Å²) in [6, 6.07) is 3.38. The lowest BCUT2D eigenvalue weighted by molar-refractivity contribution is 0.124. The van der Waals surface area contributed by atoms with Crippen molar-refractivity contribution in [1.29, 1.82) is 0 Å². The molecule has 1 rings (SSSR count). The van der Waals surface area contributed by atoms with Crippen molar-refractivity contribution < 1.29 is 14.9 Å². The number of hydrogen-bond acceptors (Lipinski definition) is 6. The van der Waals surface area contributed by atoms with Crippen LogP contribution in [0.3, 0.4) is 0 Å². The first-order valence-corrected chi connectivity index (χ1v) is 6.71. The number of nitrogens with zero attached hydrogens (tertiary/aromatic N) is 1. The number of anilines is 2. The van der Waals surface area contributed by atoms with E-state index in [9.17, 15) is 10.2 Å². The van der Waals surface area contributed by atoms with E-state index in [2.05, 4.69) is 10.3 Å². The second-order valence-corrected chi connectivity index (χ2v) is 5.88. The highest BCUT2D eigenvalue weighted by molar-refractivity contribution is 5.54. The minimum atomic E-state index is -0.803. The third kappa shape index (κ3) is 4.25. The average Bonchev–Trinajstić information content (AvgIpc) is 2.38. The van der Waals surface area contributed by atoms with Gasteiger partial charge in [0.25, 0.3) is 0 Å². The lowest BCUT2D eigenvalue weighted by Crippen LogP contribution is -2.45. The van der Waals surface area contributed by atoms with Gasteiger partial charge in [0.15, 0.2) is 0 Å². The Morgan fingerprint density at radius 3 is 2.30 bits per heavy atom. The number of aromatic nitrogens is 1. The van der Waals surface area contributed by atoms with Crippen LogP contribution in [0.2, 0.25) is 0 Å². The van der Waals surface area contributed by atoms with Crippen LogP contribution in [0.25, 0.3) is 0 Å². The molecule has 1 heterocycles. The van der Waals surface area contributed by atoms with Crippen LogP contribution >= 0.6 is 0 Å². The van der Waals surface area contributed by atoms with Gasteiger partial charge in [0.1, 0.15) is 11.4 Å². The highest BCUT2D eigenvalue weighted by atomic mass is 16.5. The number of aliphatic hydroxyl groups excluding tert-OH is 2. The third-order valence-corrected chi connectivity index (χ3v) is 2.97. The number of nitrogens with one attached hydrogen (secondary N) is 1. The van der Waals surface area contributed by atoms with Gasteiger partial charge < -0.3 is 26.0 Å². The van der Waals surface area contributed by atoms with Gasteiger partial charge in [-0.1, -0.05) is 6.92 Å². The van der Waals surface area contributed by atoms with Gasteiger partial charge in [0, 0.05) is 0 Å². The highest BCUT2D eigenvalue weighted by Crippen LogP contribution is 2.26. The molecular weight excluding hydrogens is 258 g/mol. The zero-order valence-electron chi connectivity index (χ0n) is 12.6. The normalized spacial score (nSPS) is 12.3. The van der Waals surface area contributed by atoms with Crippen molar-refractivity contribution in [2.75, 3.05) is 24.3 Å². The smallest absolute Gasteiger partial charge is 0.239 e. The van der Waals surface area contributed by atoms with E-state index in [0.717, 1.165) is 0 Å². The molecule has 0 aromatic carbocycles. The van der Waals surface area contributed by atoms with Gasteiger partial charge in [-0.25, -0.2) is 0 Å². The molecular formula is C14H25N3O3. The molecule has 0 unspecified atom stereocenters. The van der Waals surface area contributed by atoms with Crippen molar-refractivity contribution in [3.05, 3.63) is 12.1 Å². The molecule has 0 aliphatic rings. The standard InChI is InChI=1S/C14H25N3O3/c1-5-14(8-18,9-19)17-11-7-6-10(15)12(16-11)20-13(2,3)4/h6-7,18-19H,5,8-9,15H2,1-4H3,(H,16,17). The van der Waals surface area contributed by atoms with Crippen molar-refractivity contribution in [1.82, 2.24) is 4.98 Å². The summed E-state index contributed by atoms with van der Waals surface area (Å²) in [6.07, 6.45) is 0.557. The second kappa shape index (κ2) is 6.28. The largest absolute Gasteiger partial charge is 0.470 e. The molecule has 0 spiro atoms. The minimum Gasteiger partial charge on any atom is -0.470 e. The van der Waals surface area contributed by atoms with E-state index in [-0.39, 0.29) is 13.2 Å². The third-order valence-electron chi connectivity index (χ3n) is 2.97. The van der Waals surface area contributed by atoms with E-state index < -0.39 is 11.1 Å². The van der Waals surface area contributed by atoms with Crippen LogP contribution in [0.1, 0.15) is 34.1 Å². The van der Waals surface area contributed by atoms with Gasteiger partial charge in [-0.3, -0.25) is 0 Å². The fraction of sp³-hybridized carbons (Fsp3) is 0.643. The molecule has 6 heteroatoms. The van der Waals surface area contributed by atoms with Crippen LogP contribution in [-0.4, -0.2) is 39.6 Å². The molecule has 0 fully saturated rings. The molecule has 1 aromatic rings. The molecule has 0 amide bonds. The number of ether oxygens (including phenoxy) is 1. The summed E-state index contributed by atoms with van der Waals surface area (Å²) in [5.41, 5.74) is 5.08. The molecule has 0 saturated carbocycles. The van der Waals surface area contributed by atoms with Crippen molar-refractivity contribution in [3.63, 3.8) is 0 Å². The SMILES string of the molecule is CCC(CO)(CO)Nc1ccc(N)c(OC(C)(C)C)n1. The molecule has 20 heavy (non-hydrogen) atoms. The highest BCUT2D eigenvalue weighted by Gasteiger charge is 2.27. The Morgan fingerprint density at radius 2 is 1.85 bits per heavy atom. The topological polar surface area (TPSA) is 101 Å². The fourth-order valence-corrected chi connectivity index (χ4v) is 1.61. The first-order valence-electron chi connectivity index (χ1n) is 6.71. The zero-order chi connectivity index (χ0) is 15.4. The van der Waals surface area contributed by atoms with Crippen LogP contribution in [0, 0.1) is 0 Å². The van der Waals surface area contributed by atoms with E-state index in [1.165, 1.54) is 0 Å². The van der Waals surface area contributed by atoms with Crippen LogP contribution < -0.4 is 15.8 Å². The maximum absolute atomic E-state index is 9.44. The van der Waals surface area contributed by atoms with Crippen molar-refractivity contribution >= 4 is 11.5 Å². The van der Waals surface area contributed by atoms with Gasteiger partial charge in [0.05, 0.1) is 24.4 Å². The van der Waals surface area contributed by atoms with Crippen LogP contribution in [-0.2, 0) is 0 Å². The Bertz CT molecular complexity index is 432. The van der Waals surface area contributed by atoms with Gasteiger partial charge >= 0.3 is 0 Å². The Hall–Kier alpha value is -1.53. The maximum atomic E-state index is 9.44. The first-order chi connectivity index (χ1) is 9.25. The number of aliphatic hydroxyl groups is 2. The van der Waals surface area contributed by atoms with Gasteiger partial charge in [0.2, 0.25) is 5.88 Å². The van der Waals surface area contributed by atoms with E-state index >= 15 is 0 Å². The van der Waals surface area contributed by atoms with Gasteiger partial charge in [-0.15, -0.1) is 0 Å². The number of nitrogen functional groups attached to an aromatic ring is 1. The predicted octanol–water partition coefficient (Wildman–Crippen LogP) is 1.39. The van der Waals surface area contributed by atoms with Crippen molar-refractivity contribution in [3.8, 4) is 5.88 Å². The van der Waals surface area contributed by atoms with Gasteiger partial charge in [-0.2, -0.15) is 4.98 Å². The molecule has 0 saturated heterocycles. The molecule has 1 aromatic heterocycles. The average molecular weight is 283 g/mol. The quantitative estimate of drug-likeness (QED) is 0.629. The molecule has 114 valence electrons. The zero-order valence-corrected chi connectivity index (χ0v) is 12.6. The first kappa shape index (κ1) is 16.5. The molecule has 0 bridgehead atoms. The summed E-state index contributed by atoms with van der Waals surface area (Å²) in [7, 11) is 0. The van der Waals surface area contributed by atoms with E-state index in [1.54, 1.807) is 12.1 Å². The molecule has 0 radical (unpaired) electrons. The molecule has 0 atom stereocenters. The number of hydrogen-bond donors (Lipinski definition) is 4. The summed E-state index contributed by atoms with van der Waals surface area (Å²) in [6.45, 7) is 7.22. The second-order valence-electron chi connectivity index (χ2n) is 5.88. The molecule has 0 aliphatic carbocycles. The molecule has 0 aliphatic heterocycles. The Labute approximate surface area is 120 Å². The van der Waals surface area contributed by atoms with E-state index in [1.807, 2.05) is 27.7 Å². The summed E-state index contributed by atoms with van der Waals surface area (Å²) in [4.78, 5) is 4.31. The Balaban J connectivity index is 3.00. The van der Waals surface area contributed by atoms with E-state index in [4.69, 9.17) is 10.5 Å². The maximum Gasteiger partial charge on any atom is 0.239 e.